The molecule has 3 amide bonds. The van der Waals surface area contributed by atoms with E-state index < -0.39 is 23.7 Å². The predicted molar refractivity (Wildman–Crippen MR) is 145 cm³/mol. The molecular weight excluding hydrogens is 564 g/mol. The summed E-state index contributed by atoms with van der Waals surface area (Å²) in [6.07, 6.45) is 1.17. The Balaban J connectivity index is 1.66. The number of rotatable bonds is 9. The molecule has 0 saturated carbocycles. The van der Waals surface area contributed by atoms with Gasteiger partial charge in [-0.15, -0.1) is 0 Å². The molecule has 0 atom stereocenters. The maximum atomic E-state index is 12.7. The number of nitrogens with zero attached hydrogens (tertiary/aromatic N) is 1. The largest absolute Gasteiger partial charge is 0.493 e. The third-order valence-electron chi connectivity index (χ3n) is 5.23. The Labute approximate surface area is 227 Å². The molecule has 1 fully saturated rings. The van der Waals surface area contributed by atoms with Crippen molar-refractivity contribution in [2.24, 2.45) is 0 Å². The van der Waals surface area contributed by atoms with Crippen LogP contribution >= 0.6 is 27.7 Å². The van der Waals surface area contributed by atoms with Crippen molar-refractivity contribution >= 4 is 62.5 Å². The summed E-state index contributed by atoms with van der Waals surface area (Å²) in [6, 6.07) is 8.69. The smallest absolute Gasteiger partial charge is 0.326 e. The number of carbonyl (C=O) groups is 4. The van der Waals surface area contributed by atoms with Gasteiger partial charge in [-0.05, 0) is 102 Å². The second-order valence-corrected chi connectivity index (χ2v) is 10.3. The highest BCUT2D eigenvalue weighted by atomic mass is 79.9. The second kappa shape index (κ2) is 12.3. The molecule has 1 aliphatic rings. The number of anilines is 1. The number of amides is 3. The number of nitrogens with one attached hydrogen (secondary N) is 1. The number of benzene rings is 2. The molecular formula is C26H27BrN2O7S. The Morgan fingerprint density at radius 3 is 2.49 bits per heavy atom. The normalized spacial score (nSPS) is 14.4. The molecule has 0 radical (unpaired) electrons. The first-order valence-corrected chi connectivity index (χ1v) is 12.9. The first-order valence-electron chi connectivity index (χ1n) is 11.3. The molecule has 1 aliphatic heterocycles. The third kappa shape index (κ3) is 7.36. The van der Waals surface area contributed by atoms with E-state index in [0.717, 1.165) is 32.3 Å². The second-order valence-electron chi connectivity index (χ2n) is 8.47. The van der Waals surface area contributed by atoms with Crippen LogP contribution in [-0.4, -0.2) is 54.3 Å². The summed E-state index contributed by atoms with van der Waals surface area (Å²) >= 11 is 4.19. The van der Waals surface area contributed by atoms with Crippen molar-refractivity contribution in [3.8, 4) is 11.5 Å². The first-order chi connectivity index (χ1) is 17.5. The summed E-state index contributed by atoms with van der Waals surface area (Å²) in [7, 11) is 1.45. The minimum Gasteiger partial charge on any atom is -0.493 e. The van der Waals surface area contributed by atoms with Crippen LogP contribution in [0.3, 0.4) is 0 Å². The molecule has 1 heterocycles. The van der Waals surface area contributed by atoms with E-state index >= 15 is 0 Å². The maximum absolute atomic E-state index is 12.7. The number of esters is 1. The van der Waals surface area contributed by atoms with Gasteiger partial charge in [-0.1, -0.05) is 6.07 Å². The van der Waals surface area contributed by atoms with Gasteiger partial charge in [0.2, 0.25) is 0 Å². The number of carbonyl (C=O) groups excluding carboxylic acids is 4. The lowest BCUT2D eigenvalue weighted by molar-refractivity contribution is -0.149. The Hall–Kier alpha value is -3.31. The van der Waals surface area contributed by atoms with Crippen LogP contribution in [0.1, 0.15) is 30.5 Å². The Bertz CT molecular complexity index is 1280. The van der Waals surface area contributed by atoms with E-state index in [9.17, 15) is 19.2 Å². The minimum absolute atomic E-state index is 0.163. The van der Waals surface area contributed by atoms with Crippen LogP contribution in [0.15, 0.2) is 39.7 Å². The monoisotopic (exact) mass is 590 g/mol. The van der Waals surface area contributed by atoms with Crippen molar-refractivity contribution in [1.29, 1.82) is 0 Å². The van der Waals surface area contributed by atoms with Gasteiger partial charge in [0.15, 0.2) is 18.1 Å². The molecule has 196 valence electrons. The molecule has 0 unspecified atom stereocenters. The van der Waals surface area contributed by atoms with Gasteiger partial charge >= 0.3 is 5.97 Å². The molecule has 37 heavy (non-hydrogen) atoms. The molecule has 2 aromatic rings. The van der Waals surface area contributed by atoms with Crippen LogP contribution in [0.25, 0.3) is 6.08 Å². The fourth-order valence-electron chi connectivity index (χ4n) is 3.32. The fraction of sp³-hybridized carbons (Fsp3) is 0.308. The van der Waals surface area contributed by atoms with E-state index in [0.29, 0.717) is 22.7 Å². The summed E-state index contributed by atoms with van der Waals surface area (Å²) in [5.74, 6) is -0.910. The maximum Gasteiger partial charge on any atom is 0.326 e. The Morgan fingerprint density at radius 2 is 1.81 bits per heavy atom. The van der Waals surface area contributed by atoms with Crippen molar-refractivity contribution in [3.63, 3.8) is 0 Å². The summed E-state index contributed by atoms with van der Waals surface area (Å²) in [4.78, 5) is 50.3. The van der Waals surface area contributed by atoms with Crippen LogP contribution in [-0.2, 0) is 19.1 Å². The zero-order valence-electron chi connectivity index (χ0n) is 21.0. The van der Waals surface area contributed by atoms with Crippen molar-refractivity contribution in [2.75, 3.05) is 25.6 Å². The van der Waals surface area contributed by atoms with Crippen LogP contribution in [0.4, 0.5) is 10.5 Å². The van der Waals surface area contributed by atoms with Crippen molar-refractivity contribution in [3.05, 3.63) is 56.4 Å². The Kier molecular flexibility index (Phi) is 9.39. The van der Waals surface area contributed by atoms with E-state index in [1.165, 1.54) is 13.2 Å². The lowest BCUT2D eigenvalue weighted by Crippen LogP contribution is -2.35. The van der Waals surface area contributed by atoms with Crippen LogP contribution < -0.4 is 14.8 Å². The topological polar surface area (TPSA) is 111 Å². The summed E-state index contributed by atoms with van der Waals surface area (Å²) in [5, 5.41) is 2.26. The number of thioether (sulfide) groups is 1. The van der Waals surface area contributed by atoms with Crippen LogP contribution in [0.2, 0.25) is 0 Å². The molecule has 1 saturated heterocycles. The van der Waals surface area contributed by atoms with E-state index in [2.05, 4.69) is 21.2 Å². The molecule has 0 aliphatic carbocycles. The molecule has 0 spiro atoms. The predicted octanol–water partition coefficient (Wildman–Crippen LogP) is 5.08. The molecule has 3 rings (SSSR count). The molecule has 2 aromatic carbocycles. The highest BCUT2D eigenvalue weighted by Crippen LogP contribution is 2.34. The van der Waals surface area contributed by atoms with Gasteiger partial charge in [-0.2, -0.15) is 0 Å². The van der Waals surface area contributed by atoms with Gasteiger partial charge < -0.3 is 19.5 Å². The number of ether oxygens (including phenoxy) is 3. The SMILES string of the molecule is COc1cc(/C=C2\SC(=O)N(CC(=O)OC(C)C)C2=O)ccc1OCC(=O)Nc1cc(C)c(C)cc1Br. The van der Waals surface area contributed by atoms with Crippen molar-refractivity contribution in [1.82, 2.24) is 4.90 Å². The molecule has 9 nitrogen and oxygen atoms in total. The lowest BCUT2D eigenvalue weighted by atomic mass is 10.1. The third-order valence-corrected chi connectivity index (χ3v) is 6.79. The van der Waals surface area contributed by atoms with Gasteiger partial charge in [0.05, 0.1) is 23.8 Å². The van der Waals surface area contributed by atoms with Gasteiger partial charge in [0.1, 0.15) is 6.54 Å². The summed E-state index contributed by atoms with van der Waals surface area (Å²) in [5.41, 5.74) is 3.36. The zero-order chi connectivity index (χ0) is 27.3. The van der Waals surface area contributed by atoms with Crippen molar-refractivity contribution < 1.29 is 33.4 Å². The highest BCUT2D eigenvalue weighted by molar-refractivity contribution is 9.10. The van der Waals surface area contributed by atoms with Gasteiger partial charge in [0, 0.05) is 4.47 Å². The molecule has 0 aromatic heterocycles. The fourth-order valence-corrected chi connectivity index (χ4v) is 4.71. The van der Waals surface area contributed by atoms with Crippen LogP contribution in [0, 0.1) is 13.8 Å². The average Bonchev–Trinajstić information content (AvgIpc) is 3.08. The van der Waals surface area contributed by atoms with Gasteiger partial charge in [-0.3, -0.25) is 24.1 Å². The number of methoxy groups -OCH3 is 1. The quantitative estimate of drug-likeness (QED) is 0.318. The minimum atomic E-state index is -0.657. The average molecular weight is 591 g/mol. The number of hydrogen-bond acceptors (Lipinski definition) is 8. The number of hydrogen-bond donors (Lipinski definition) is 1. The molecule has 11 heteroatoms. The van der Waals surface area contributed by atoms with Gasteiger partial charge in [0.25, 0.3) is 17.1 Å². The molecule has 1 N–H and O–H groups in total. The van der Waals surface area contributed by atoms with E-state index in [-0.39, 0.29) is 23.5 Å². The zero-order valence-corrected chi connectivity index (χ0v) is 23.4. The standard InChI is InChI=1S/C26H27BrN2O7S/c1-14(2)36-24(31)12-29-25(32)22(37-26(29)33)11-17-6-7-20(21(10-17)34-5)35-13-23(30)28-19-9-16(4)15(3)8-18(19)27/h6-11,14H,12-13H2,1-5H3,(H,28,30)/b22-11-. The summed E-state index contributed by atoms with van der Waals surface area (Å²) in [6.45, 7) is 6.62. The van der Waals surface area contributed by atoms with Crippen LogP contribution in [0.5, 0.6) is 11.5 Å². The highest BCUT2D eigenvalue weighted by Gasteiger charge is 2.36. The van der Waals surface area contributed by atoms with E-state index in [4.69, 9.17) is 14.2 Å². The number of halogens is 1. The number of imide groups is 1. The lowest BCUT2D eigenvalue weighted by Gasteiger charge is -2.13. The first kappa shape index (κ1) is 28.3. The van der Waals surface area contributed by atoms with Gasteiger partial charge in [-0.25, -0.2) is 0 Å². The molecule has 0 bridgehead atoms. The Morgan fingerprint density at radius 1 is 1.11 bits per heavy atom. The van der Waals surface area contributed by atoms with E-state index in [1.807, 2.05) is 26.0 Å². The van der Waals surface area contributed by atoms with Crippen molar-refractivity contribution in [2.45, 2.75) is 33.8 Å². The number of aryl methyl sites for hydroxylation is 2. The summed E-state index contributed by atoms with van der Waals surface area (Å²) < 4.78 is 16.8. The van der Waals surface area contributed by atoms with E-state index in [1.54, 1.807) is 32.0 Å².